The van der Waals surface area contributed by atoms with Gasteiger partial charge in [0.2, 0.25) is 5.91 Å². The lowest BCUT2D eigenvalue weighted by Crippen LogP contribution is -2.44. The van der Waals surface area contributed by atoms with E-state index in [0.717, 1.165) is 0 Å². The molecule has 2 rings (SSSR count). The second kappa shape index (κ2) is 8.81. The van der Waals surface area contributed by atoms with Crippen LogP contribution in [0.1, 0.15) is 25.1 Å². The number of hydrogen-bond donors (Lipinski definition) is 1. The third kappa shape index (κ3) is 4.95. The van der Waals surface area contributed by atoms with Crippen LogP contribution in [0.15, 0.2) is 30.3 Å². The molecule has 1 N–H and O–H groups in total. The lowest BCUT2D eigenvalue weighted by Gasteiger charge is -2.18. The average Bonchev–Trinajstić information content (AvgIpc) is 2.91. The number of rotatable bonds is 6. The standard InChI is InChI=1S/C19H21ClFN3O3/c1-11(2)17(19(26)27-4)22-16(25)10-9-15-12(3)23-24(18(15)20)14-7-5-13(21)6-8-14/h5-11,17H,1-4H3,(H,22,25)/b10-9+/t17-/m0/s1. The maximum absolute atomic E-state index is 13.1. The molecule has 0 aliphatic rings. The van der Waals surface area contributed by atoms with Crippen molar-refractivity contribution in [2.75, 3.05) is 7.11 Å². The van der Waals surface area contributed by atoms with Gasteiger partial charge in [0.05, 0.1) is 18.5 Å². The Bertz CT molecular complexity index is 860. The SMILES string of the molecule is COC(=O)[C@@H](NC(=O)/C=C/c1c(C)nn(-c2ccc(F)cc2)c1Cl)C(C)C. The largest absolute Gasteiger partial charge is 0.467 e. The maximum Gasteiger partial charge on any atom is 0.328 e. The molecule has 0 radical (unpaired) electrons. The van der Waals surface area contributed by atoms with E-state index in [1.165, 1.54) is 36.1 Å². The van der Waals surface area contributed by atoms with Crippen LogP contribution >= 0.6 is 11.6 Å². The van der Waals surface area contributed by atoms with E-state index in [0.29, 0.717) is 16.9 Å². The lowest BCUT2D eigenvalue weighted by molar-refractivity contribution is -0.145. The van der Waals surface area contributed by atoms with Crippen molar-refractivity contribution in [3.05, 3.63) is 52.6 Å². The van der Waals surface area contributed by atoms with Crippen molar-refractivity contribution in [1.82, 2.24) is 15.1 Å². The number of halogens is 2. The van der Waals surface area contributed by atoms with E-state index in [1.54, 1.807) is 32.9 Å². The molecule has 0 aliphatic carbocycles. The van der Waals surface area contributed by atoms with Gasteiger partial charge in [-0.15, -0.1) is 0 Å². The van der Waals surface area contributed by atoms with E-state index < -0.39 is 17.9 Å². The molecule has 0 saturated heterocycles. The van der Waals surface area contributed by atoms with Gasteiger partial charge in [0.25, 0.3) is 0 Å². The van der Waals surface area contributed by atoms with E-state index in [-0.39, 0.29) is 16.9 Å². The van der Waals surface area contributed by atoms with E-state index >= 15 is 0 Å². The zero-order valence-electron chi connectivity index (χ0n) is 15.5. The summed E-state index contributed by atoms with van der Waals surface area (Å²) in [5.41, 5.74) is 1.75. The van der Waals surface area contributed by atoms with Gasteiger partial charge in [-0.25, -0.2) is 13.9 Å². The molecular weight excluding hydrogens is 373 g/mol. The maximum atomic E-state index is 13.1. The number of nitrogens with one attached hydrogen (secondary N) is 1. The first-order valence-electron chi connectivity index (χ1n) is 8.32. The Morgan fingerprint density at radius 3 is 2.48 bits per heavy atom. The van der Waals surface area contributed by atoms with Crippen molar-refractivity contribution < 1.29 is 18.7 Å². The Labute approximate surface area is 162 Å². The minimum absolute atomic E-state index is 0.124. The molecule has 1 heterocycles. The molecule has 1 aromatic carbocycles. The summed E-state index contributed by atoms with van der Waals surface area (Å²) in [5, 5.41) is 7.22. The minimum Gasteiger partial charge on any atom is -0.467 e. The molecule has 1 atom stereocenters. The fraction of sp³-hybridized carbons (Fsp3) is 0.316. The van der Waals surface area contributed by atoms with Crippen LogP contribution in [0.3, 0.4) is 0 Å². The van der Waals surface area contributed by atoms with Gasteiger partial charge in [0, 0.05) is 11.6 Å². The number of nitrogens with zero attached hydrogens (tertiary/aromatic N) is 2. The van der Waals surface area contributed by atoms with E-state index in [4.69, 9.17) is 16.3 Å². The van der Waals surface area contributed by atoms with Crippen LogP contribution < -0.4 is 5.32 Å². The monoisotopic (exact) mass is 393 g/mol. The summed E-state index contributed by atoms with van der Waals surface area (Å²) in [5.74, 6) is -1.45. The molecule has 27 heavy (non-hydrogen) atoms. The first-order valence-corrected chi connectivity index (χ1v) is 8.69. The molecular formula is C19H21ClFN3O3. The second-order valence-electron chi connectivity index (χ2n) is 6.26. The van der Waals surface area contributed by atoms with E-state index in [2.05, 4.69) is 10.4 Å². The molecule has 144 valence electrons. The summed E-state index contributed by atoms with van der Waals surface area (Å²) in [6.07, 6.45) is 2.80. The zero-order chi connectivity index (χ0) is 20.1. The normalized spacial score (nSPS) is 12.4. The highest BCUT2D eigenvalue weighted by Crippen LogP contribution is 2.24. The number of carbonyl (C=O) groups excluding carboxylic acids is 2. The number of carbonyl (C=O) groups is 2. The Morgan fingerprint density at radius 2 is 1.93 bits per heavy atom. The molecule has 6 nitrogen and oxygen atoms in total. The molecule has 1 amide bonds. The van der Waals surface area contributed by atoms with Crippen molar-refractivity contribution in [2.45, 2.75) is 26.8 Å². The predicted octanol–water partition coefficient (Wildman–Crippen LogP) is 3.30. The van der Waals surface area contributed by atoms with Crippen molar-refractivity contribution in [2.24, 2.45) is 5.92 Å². The number of aromatic nitrogens is 2. The lowest BCUT2D eigenvalue weighted by atomic mass is 10.0. The van der Waals surface area contributed by atoms with E-state index in [1.807, 2.05) is 0 Å². The van der Waals surface area contributed by atoms with Crippen LogP contribution in [0.5, 0.6) is 0 Å². The van der Waals surface area contributed by atoms with Crippen molar-refractivity contribution in [3.8, 4) is 5.69 Å². The number of esters is 1. The molecule has 0 saturated carbocycles. The molecule has 0 bridgehead atoms. The number of methoxy groups -OCH3 is 1. The van der Waals surface area contributed by atoms with Gasteiger partial charge >= 0.3 is 5.97 Å². The first-order chi connectivity index (χ1) is 12.7. The fourth-order valence-corrected chi connectivity index (χ4v) is 2.77. The summed E-state index contributed by atoms with van der Waals surface area (Å²) in [7, 11) is 1.27. The van der Waals surface area contributed by atoms with Gasteiger partial charge in [0.1, 0.15) is 17.0 Å². The van der Waals surface area contributed by atoms with Crippen molar-refractivity contribution in [1.29, 1.82) is 0 Å². The predicted molar refractivity (Wildman–Crippen MR) is 101 cm³/mol. The molecule has 0 aliphatic heterocycles. The van der Waals surface area contributed by atoms with Crippen LogP contribution in [-0.2, 0) is 14.3 Å². The summed E-state index contributed by atoms with van der Waals surface area (Å²) < 4.78 is 19.2. The Kier molecular flexibility index (Phi) is 6.74. The highest BCUT2D eigenvalue weighted by atomic mass is 35.5. The number of aryl methyl sites for hydroxylation is 1. The number of benzene rings is 1. The number of amides is 1. The highest BCUT2D eigenvalue weighted by molar-refractivity contribution is 6.31. The Balaban J connectivity index is 2.20. The van der Waals surface area contributed by atoms with Crippen LogP contribution in [0.25, 0.3) is 11.8 Å². The number of ether oxygens (including phenoxy) is 1. The highest BCUT2D eigenvalue weighted by Gasteiger charge is 2.24. The molecule has 1 aromatic heterocycles. The minimum atomic E-state index is -0.745. The van der Waals surface area contributed by atoms with Gasteiger partial charge < -0.3 is 10.1 Å². The van der Waals surface area contributed by atoms with Gasteiger partial charge in [-0.1, -0.05) is 25.4 Å². The van der Waals surface area contributed by atoms with Gasteiger partial charge in [-0.05, 0) is 43.2 Å². The summed E-state index contributed by atoms with van der Waals surface area (Å²) in [6, 6.07) is 4.98. The van der Waals surface area contributed by atoms with Gasteiger partial charge in [0.15, 0.2) is 0 Å². The molecule has 0 unspecified atom stereocenters. The summed E-state index contributed by atoms with van der Waals surface area (Å²) in [4.78, 5) is 23.9. The quantitative estimate of drug-likeness (QED) is 0.603. The molecule has 0 fully saturated rings. The fourth-order valence-electron chi connectivity index (χ4n) is 2.44. The third-order valence-corrected chi connectivity index (χ3v) is 4.30. The van der Waals surface area contributed by atoms with Crippen LogP contribution in [0.4, 0.5) is 4.39 Å². The van der Waals surface area contributed by atoms with Crippen LogP contribution in [0.2, 0.25) is 5.15 Å². The average molecular weight is 394 g/mol. The Hall–Kier alpha value is -2.67. The smallest absolute Gasteiger partial charge is 0.328 e. The van der Waals surface area contributed by atoms with Crippen molar-refractivity contribution >= 4 is 29.6 Å². The van der Waals surface area contributed by atoms with Gasteiger partial charge in [-0.3, -0.25) is 4.79 Å². The van der Waals surface area contributed by atoms with Crippen LogP contribution in [0, 0.1) is 18.7 Å². The number of hydrogen-bond acceptors (Lipinski definition) is 4. The second-order valence-corrected chi connectivity index (χ2v) is 6.62. The Morgan fingerprint density at radius 1 is 1.30 bits per heavy atom. The molecule has 2 aromatic rings. The van der Waals surface area contributed by atoms with Crippen molar-refractivity contribution in [3.63, 3.8) is 0 Å². The topological polar surface area (TPSA) is 73.2 Å². The summed E-state index contributed by atoms with van der Waals surface area (Å²) in [6.45, 7) is 5.35. The first kappa shape index (κ1) is 20.6. The van der Waals surface area contributed by atoms with Gasteiger partial charge in [-0.2, -0.15) is 5.10 Å². The molecule has 8 heteroatoms. The zero-order valence-corrected chi connectivity index (χ0v) is 16.2. The third-order valence-electron chi connectivity index (χ3n) is 3.94. The van der Waals surface area contributed by atoms with Crippen LogP contribution in [-0.4, -0.2) is 34.8 Å². The molecule has 0 spiro atoms. The summed E-state index contributed by atoms with van der Waals surface area (Å²) >= 11 is 6.37. The van der Waals surface area contributed by atoms with E-state index in [9.17, 15) is 14.0 Å².